The van der Waals surface area contributed by atoms with Crippen molar-refractivity contribution in [1.29, 1.82) is 0 Å². The van der Waals surface area contributed by atoms with Crippen LogP contribution in [-0.2, 0) is 4.79 Å². The van der Waals surface area contributed by atoms with Gasteiger partial charge in [-0.2, -0.15) is 0 Å². The molecule has 4 rings (SSSR count). The second-order valence-electron chi connectivity index (χ2n) is 7.38. The van der Waals surface area contributed by atoms with Crippen LogP contribution in [0.4, 0.5) is 0 Å². The van der Waals surface area contributed by atoms with Gasteiger partial charge in [0.2, 0.25) is 5.91 Å². The Kier molecular flexibility index (Phi) is 5.38. The Morgan fingerprint density at radius 1 is 1.31 bits per heavy atom. The van der Waals surface area contributed by atoms with Crippen LogP contribution in [0.25, 0.3) is 11.0 Å². The average molecular weight is 374 g/mol. The first-order valence-electron chi connectivity index (χ1n) is 9.76. The lowest BCUT2D eigenvalue weighted by Gasteiger charge is -2.41. The molecule has 0 radical (unpaired) electrons. The molecule has 1 aliphatic carbocycles. The number of amides is 1. The number of aromatic nitrogens is 2. The Hall–Kier alpha value is -1.69. The molecule has 1 N–H and O–H groups in total. The Bertz CT molecular complexity index is 776. The summed E-state index contributed by atoms with van der Waals surface area (Å²) < 4.78 is 5.53. The van der Waals surface area contributed by atoms with Gasteiger partial charge in [-0.25, -0.2) is 4.98 Å². The van der Waals surface area contributed by atoms with Crippen LogP contribution in [-0.4, -0.2) is 46.2 Å². The largest absolute Gasteiger partial charge is 0.494 e. The number of hydrogen-bond donors (Lipinski definition) is 1. The van der Waals surface area contributed by atoms with Gasteiger partial charge in [0.1, 0.15) is 5.75 Å². The summed E-state index contributed by atoms with van der Waals surface area (Å²) in [6.45, 7) is 4.51. The van der Waals surface area contributed by atoms with Crippen molar-refractivity contribution in [3.63, 3.8) is 0 Å². The third kappa shape index (κ3) is 3.85. The number of carbonyl (C=O) groups is 1. The van der Waals surface area contributed by atoms with Crippen LogP contribution in [0.15, 0.2) is 23.4 Å². The van der Waals surface area contributed by atoms with E-state index in [1.807, 2.05) is 25.1 Å². The van der Waals surface area contributed by atoms with Crippen molar-refractivity contribution in [1.82, 2.24) is 14.9 Å². The van der Waals surface area contributed by atoms with Crippen molar-refractivity contribution < 1.29 is 9.53 Å². The summed E-state index contributed by atoms with van der Waals surface area (Å²) in [7, 11) is 0. The summed E-state index contributed by atoms with van der Waals surface area (Å²) >= 11 is 1.50. The molecular weight excluding hydrogens is 346 g/mol. The molecule has 140 valence electrons. The number of thioether (sulfide) groups is 1. The second-order valence-corrected chi connectivity index (χ2v) is 8.34. The van der Waals surface area contributed by atoms with E-state index in [1.165, 1.54) is 43.9 Å². The number of hydrogen-bond acceptors (Lipinski definition) is 4. The Morgan fingerprint density at radius 3 is 3.00 bits per heavy atom. The highest BCUT2D eigenvalue weighted by Crippen LogP contribution is 2.36. The minimum absolute atomic E-state index is 0.245. The minimum atomic E-state index is 0.245. The van der Waals surface area contributed by atoms with Crippen LogP contribution in [0.2, 0.25) is 0 Å². The molecule has 0 unspecified atom stereocenters. The lowest BCUT2D eigenvalue weighted by atomic mass is 9.75. The van der Waals surface area contributed by atoms with Gasteiger partial charge in [-0.1, -0.05) is 31.0 Å². The predicted octanol–water partition coefficient (Wildman–Crippen LogP) is 4.09. The smallest absolute Gasteiger partial charge is 0.233 e. The summed E-state index contributed by atoms with van der Waals surface area (Å²) in [6, 6.07) is 5.85. The van der Waals surface area contributed by atoms with Gasteiger partial charge < -0.3 is 14.6 Å². The van der Waals surface area contributed by atoms with Crippen LogP contribution in [0.1, 0.15) is 39.0 Å². The van der Waals surface area contributed by atoms with Gasteiger partial charge in [-0.15, -0.1) is 0 Å². The molecule has 2 fully saturated rings. The molecule has 2 aliphatic rings. The lowest BCUT2D eigenvalue weighted by molar-refractivity contribution is -0.131. The van der Waals surface area contributed by atoms with Crippen LogP contribution >= 0.6 is 11.8 Å². The molecule has 1 aromatic heterocycles. The number of ether oxygens (including phenoxy) is 1. The van der Waals surface area contributed by atoms with Gasteiger partial charge in [0.05, 0.1) is 23.4 Å². The van der Waals surface area contributed by atoms with Gasteiger partial charge >= 0.3 is 0 Å². The van der Waals surface area contributed by atoms with Gasteiger partial charge in [-0.3, -0.25) is 4.79 Å². The van der Waals surface area contributed by atoms with Crippen molar-refractivity contribution >= 4 is 28.7 Å². The van der Waals surface area contributed by atoms with E-state index in [0.717, 1.165) is 46.9 Å². The highest BCUT2D eigenvalue weighted by atomic mass is 32.2. The van der Waals surface area contributed by atoms with E-state index < -0.39 is 0 Å². The summed E-state index contributed by atoms with van der Waals surface area (Å²) in [5, 5.41) is 0.801. The standard InChI is InChI=1S/C20H27N3O2S/c1-2-25-16-7-8-17-18(11-16)22-20(21-17)26-13-19(24)23-10-9-14-5-3-4-6-15(14)12-23/h7-8,11,14-15H,2-6,9-10,12-13H2,1H3,(H,21,22)/t14-,15+/m1/s1. The van der Waals surface area contributed by atoms with Crippen molar-refractivity contribution in [3.05, 3.63) is 18.2 Å². The molecule has 2 heterocycles. The quantitative estimate of drug-likeness (QED) is 0.802. The normalized spacial score (nSPS) is 23.0. The van der Waals surface area contributed by atoms with Crippen LogP contribution in [0.3, 0.4) is 0 Å². The highest BCUT2D eigenvalue weighted by Gasteiger charge is 2.32. The molecule has 6 heteroatoms. The molecule has 2 aromatic rings. The molecule has 26 heavy (non-hydrogen) atoms. The first-order chi connectivity index (χ1) is 12.7. The van der Waals surface area contributed by atoms with Crippen LogP contribution in [0, 0.1) is 11.8 Å². The maximum Gasteiger partial charge on any atom is 0.233 e. The van der Waals surface area contributed by atoms with Crippen molar-refractivity contribution in [2.75, 3.05) is 25.4 Å². The van der Waals surface area contributed by atoms with E-state index in [4.69, 9.17) is 4.74 Å². The van der Waals surface area contributed by atoms with Crippen LogP contribution in [0.5, 0.6) is 5.75 Å². The zero-order valence-corrected chi connectivity index (χ0v) is 16.2. The third-order valence-corrected chi connectivity index (χ3v) is 6.58. The van der Waals surface area contributed by atoms with Gasteiger partial charge in [0, 0.05) is 19.2 Å². The molecule has 1 saturated carbocycles. The number of fused-ring (bicyclic) bond motifs is 2. The Balaban J connectivity index is 1.34. The number of carbonyl (C=O) groups excluding carboxylic acids is 1. The number of likely N-dealkylation sites (tertiary alicyclic amines) is 1. The minimum Gasteiger partial charge on any atom is -0.494 e. The first-order valence-corrected chi connectivity index (χ1v) is 10.7. The number of imidazole rings is 1. The number of H-pyrrole nitrogens is 1. The molecule has 0 bridgehead atoms. The summed E-state index contributed by atoms with van der Waals surface area (Å²) in [5.41, 5.74) is 1.86. The fraction of sp³-hybridized carbons (Fsp3) is 0.600. The highest BCUT2D eigenvalue weighted by molar-refractivity contribution is 7.99. The van der Waals surface area contributed by atoms with E-state index in [0.29, 0.717) is 12.4 Å². The van der Waals surface area contributed by atoms with Gasteiger partial charge in [0.25, 0.3) is 0 Å². The number of benzene rings is 1. The van der Waals surface area contributed by atoms with E-state index in [9.17, 15) is 4.79 Å². The molecule has 2 atom stereocenters. The number of aromatic amines is 1. The monoisotopic (exact) mass is 373 g/mol. The molecule has 1 saturated heterocycles. The van der Waals surface area contributed by atoms with Crippen molar-refractivity contribution in [2.24, 2.45) is 11.8 Å². The lowest BCUT2D eigenvalue weighted by Crippen LogP contribution is -2.45. The zero-order chi connectivity index (χ0) is 17.9. The fourth-order valence-electron chi connectivity index (χ4n) is 4.34. The van der Waals surface area contributed by atoms with Gasteiger partial charge in [-0.05, 0) is 43.7 Å². The number of piperidine rings is 1. The molecular formula is C20H27N3O2S. The van der Waals surface area contributed by atoms with Crippen LogP contribution < -0.4 is 4.74 Å². The fourth-order valence-corrected chi connectivity index (χ4v) is 5.13. The van der Waals surface area contributed by atoms with E-state index >= 15 is 0 Å². The van der Waals surface area contributed by atoms with E-state index in [2.05, 4.69) is 14.9 Å². The number of nitrogens with zero attached hydrogens (tertiary/aromatic N) is 2. The third-order valence-electron chi connectivity index (χ3n) is 5.72. The number of nitrogens with one attached hydrogen (secondary N) is 1. The molecule has 1 aliphatic heterocycles. The molecule has 0 spiro atoms. The molecule has 1 amide bonds. The predicted molar refractivity (Wildman–Crippen MR) is 105 cm³/mol. The molecule has 1 aromatic carbocycles. The van der Waals surface area contributed by atoms with E-state index in [1.54, 1.807) is 0 Å². The SMILES string of the molecule is CCOc1ccc2nc(SCC(=O)N3CC[C@H]4CCCC[C@H]4C3)[nH]c2c1. The first kappa shape index (κ1) is 17.7. The summed E-state index contributed by atoms with van der Waals surface area (Å²) in [6.07, 6.45) is 6.56. The Labute approximate surface area is 158 Å². The molecule has 5 nitrogen and oxygen atoms in total. The maximum atomic E-state index is 12.6. The van der Waals surface area contributed by atoms with Crippen molar-refractivity contribution in [3.8, 4) is 5.75 Å². The Morgan fingerprint density at radius 2 is 2.15 bits per heavy atom. The maximum absolute atomic E-state index is 12.6. The van der Waals surface area contributed by atoms with E-state index in [-0.39, 0.29) is 5.91 Å². The van der Waals surface area contributed by atoms with Crippen molar-refractivity contribution in [2.45, 2.75) is 44.2 Å². The van der Waals surface area contributed by atoms with Gasteiger partial charge in [0.15, 0.2) is 5.16 Å². The summed E-state index contributed by atoms with van der Waals surface area (Å²) in [4.78, 5) is 22.6. The summed E-state index contributed by atoms with van der Waals surface area (Å²) in [5.74, 6) is 3.13. The second kappa shape index (κ2) is 7.91. The topological polar surface area (TPSA) is 58.2 Å². The average Bonchev–Trinajstić information content (AvgIpc) is 3.08. The number of rotatable bonds is 5. The zero-order valence-electron chi connectivity index (χ0n) is 15.4.